The minimum atomic E-state index is -0.207. The second-order valence-corrected chi connectivity index (χ2v) is 6.60. The molecule has 1 aliphatic heterocycles. The van der Waals surface area contributed by atoms with Gasteiger partial charge in [0.25, 0.3) is 5.91 Å². The van der Waals surface area contributed by atoms with Gasteiger partial charge in [0.05, 0.1) is 25.4 Å². The molecule has 3 rings (SSSR count). The molecular formula is C20H24N4O3. The van der Waals surface area contributed by atoms with Crippen LogP contribution in [0.15, 0.2) is 37.1 Å². The number of hydrogen-bond donors (Lipinski definition) is 2. The van der Waals surface area contributed by atoms with E-state index in [0.29, 0.717) is 19.5 Å². The number of aliphatic hydroxyl groups excluding tert-OH is 1. The van der Waals surface area contributed by atoms with Gasteiger partial charge < -0.3 is 15.3 Å². The average Bonchev–Trinajstić information content (AvgIpc) is 2.88. The normalized spacial score (nSPS) is 13.5. The summed E-state index contributed by atoms with van der Waals surface area (Å²) in [5, 5.41) is 16.4. The molecule has 0 bridgehead atoms. The Morgan fingerprint density at radius 3 is 3.00 bits per heavy atom. The molecule has 0 spiro atoms. The number of fused-ring (bicyclic) bond motifs is 1. The molecule has 142 valence electrons. The Kier molecular flexibility index (Phi) is 5.71. The van der Waals surface area contributed by atoms with E-state index in [1.54, 1.807) is 9.58 Å². The first-order valence-electron chi connectivity index (χ1n) is 9.02. The number of nitrogens with zero attached hydrogens (tertiary/aromatic N) is 3. The maximum atomic E-state index is 12.5. The van der Waals surface area contributed by atoms with E-state index in [4.69, 9.17) is 5.11 Å². The average molecular weight is 368 g/mol. The summed E-state index contributed by atoms with van der Waals surface area (Å²) in [6.45, 7) is 6.27. The van der Waals surface area contributed by atoms with Crippen molar-refractivity contribution in [2.45, 2.75) is 39.3 Å². The fraction of sp³-hybridized carbons (Fsp3) is 0.350. The smallest absolute Gasteiger partial charge is 0.250 e. The molecular weight excluding hydrogens is 344 g/mol. The lowest BCUT2D eigenvalue weighted by Gasteiger charge is -2.22. The SMILES string of the molecule is C=CC(=O)N(Cc1cn(CCO)nc1C)c1ccc2c(c1)CCCC(=O)N2. The van der Waals surface area contributed by atoms with Crippen LogP contribution >= 0.6 is 0 Å². The fourth-order valence-corrected chi connectivity index (χ4v) is 3.24. The first-order valence-corrected chi connectivity index (χ1v) is 9.02. The molecule has 0 radical (unpaired) electrons. The molecule has 27 heavy (non-hydrogen) atoms. The third-order valence-electron chi connectivity index (χ3n) is 4.67. The lowest BCUT2D eigenvalue weighted by Crippen LogP contribution is -2.28. The van der Waals surface area contributed by atoms with Gasteiger partial charge in [-0.15, -0.1) is 0 Å². The van der Waals surface area contributed by atoms with Gasteiger partial charge in [-0.25, -0.2) is 0 Å². The number of nitrogens with one attached hydrogen (secondary N) is 1. The van der Waals surface area contributed by atoms with Crippen LogP contribution in [0.5, 0.6) is 0 Å². The van der Waals surface area contributed by atoms with Crippen LogP contribution < -0.4 is 10.2 Å². The van der Waals surface area contributed by atoms with E-state index >= 15 is 0 Å². The summed E-state index contributed by atoms with van der Waals surface area (Å²) in [4.78, 5) is 25.9. The number of amides is 2. The number of rotatable bonds is 6. The largest absolute Gasteiger partial charge is 0.394 e. The molecule has 0 saturated heterocycles. The molecule has 0 aliphatic carbocycles. The summed E-state index contributed by atoms with van der Waals surface area (Å²) in [5.74, 6) is -0.186. The molecule has 2 N–H and O–H groups in total. The molecule has 0 fully saturated rings. The van der Waals surface area contributed by atoms with Crippen molar-refractivity contribution in [2.24, 2.45) is 0 Å². The van der Waals surface area contributed by atoms with E-state index < -0.39 is 0 Å². The molecule has 0 atom stereocenters. The topological polar surface area (TPSA) is 87.5 Å². The monoisotopic (exact) mass is 368 g/mol. The third kappa shape index (κ3) is 4.25. The Labute approximate surface area is 158 Å². The molecule has 2 aromatic rings. The van der Waals surface area contributed by atoms with E-state index in [-0.39, 0.29) is 18.4 Å². The lowest BCUT2D eigenvalue weighted by molar-refractivity contribution is -0.116. The first-order chi connectivity index (χ1) is 13.0. The Bertz CT molecular complexity index is 872. The van der Waals surface area contributed by atoms with E-state index in [9.17, 15) is 9.59 Å². The van der Waals surface area contributed by atoms with Crippen molar-refractivity contribution >= 4 is 23.2 Å². The second-order valence-electron chi connectivity index (χ2n) is 6.60. The number of benzene rings is 1. The van der Waals surface area contributed by atoms with Crippen molar-refractivity contribution < 1.29 is 14.7 Å². The number of carbonyl (C=O) groups excluding carboxylic acids is 2. The van der Waals surface area contributed by atoms with Gasteiger partial charge in [0.2, 0.25) is 5.91 Å². The summed E-state index contributed by atoms with van der Waals surface area (Å²) >= 11 is 0. The minimum absolute atomic E-state index is 0.00635. The van der Waals surface area contributed by atoms with Crippen molar-refractivity contribution in [2.75, 3.05) is 16.8 Å². The minimum Gasteiger partial charge on any atom is -0.394 e. The Balaban J connectivity index is 1.91. The molecule has 1 aromatic heterocycles. The maximum absolute atomic E-state index is 12.5. The second kappa shape index (κ2) is 8.18. The Morgan fingerprint density at radius 1 is 1.44 bits per heavy atom. The molecule has 0 unspecified atom stereocenters. The predicted molar refractivity (Wildman–Crippen MR) is 103 cm³/mol. The Morgan fingerprint density at radius 2 is 2.26 bits per heavy atom. The molecule has 7 heteroatoms. The summed E-state index contributed by atoms with van der Waals surface area (Å²) in [6, 6.07) is 5.63. The molecule has 0 saturated carbocycles. The first kappa shape index (κ1) is 18.8. The van der Waals surface area contributed by atoms with Gasteiger partial charge in [-0.05, 0) is 49.6 Å². The molecule has 2 heterocycles. The summed E-state index contributed by atoms with van der Waals surface area (Å²) in [6.07, 6.45) is 5.21. The highest BCUT2D eigenvalue weighted by molar-refractivity contribution is 6.01. The van der Waals surface area contributed by atoms with Crippen molar-refractivity contribution in [3.8, 4) is 0 Å². The van der Waals surface area contributed by atoms with Gasteiger partial charge in [-0.1, -0.05) is 6.58 Å². The third-order valence-corrected chi connectivity index (χ3v) is 4.67. The van der Waals surface area contributed by atoms with Crippen LogP contribution in [0.25, 0.3) is 0 Å². The molecule has 1 aliphatic rings. The highest BCUT2D eigenvalue weighted by atomic mass is 16.3. The number of aryl methyl sites for hydroxylation is 2. The van der Waals surface area contributed by atoms with Crippen LogP contribution in [0.3, 0.4) is 0 Å². The van der Waals surface area contributed by atoms with E-state index in [0.717, 1.165) is 41.0 Å². The van der Waals surface area contributed by atoms with Crippen LogP contribution in [0, 0.1) is 6.92 Å². The standard InChI is InChI=1S/C20H24N4O3/c1-3-20(27)24(13-16-12-23(9-10-25)22-14(16)2)17-7-8-18-15(11-17)5-4-6-19(26)21-18/h3,7-8,11-12,25H,1,4-6,9-10,13H2,2H3,(H,21,26). The highest BCUT2D eigenvalue weighted by Crippen LogP contribution is 2.28. The number of aliphatic hydroxyl groups is 1. The summed E-state index contributed by atoms with van der Waals surface area (Å²) < 4.78 is 1.67. The van der Waals surface area contributed by atoms with Gasteiger partial charge in [0.15, 0.2) is 0 Å². The molecule has 1 aromatic carbocycles. The maximum Gasteiger partial charge on any atom is 0.250 e. The summed E-state index contributed by atoms with van der Waals surface area (Å²) in [5.41, 5.74) is 4.30. The lowest BCUT2D eigenvalue weighted by atomic mass is 10.1. The van der Waals surface area contributed by atoms with Crippen molar-refractivity contribution in [3.63, 3.8) is 0 Å². The van der Waals surface area contributed by atoms with Gasteiger partial charge in [0.1, 0.15) is 0 Å². The van der Waals surface area contributed by atoms with E-state index in [1.165, 1.54) is 6.08 Å². The number of carbonyl (C=O) groups is 2. The van der Waals surface area contributed by atoms with Crippen LogP contribution in [0.1, 0.15) is 29.7 Å². The van der Waals surface area contributed by atoms with E-state index in [2.05, 4.69) is 17.0 Å². The fourth-order valence-electron chi connectivity index (χ4n) is 3.24. The van der Waals surface area contributed by atoms with Crippen molar-refractivity contribution in [1.29, 1.82) is 0 Å². The molecule has 7 nitrogen and oxygen atoms in total. The van der Waals surface area contributed by atoms with Gasteiger partial charge in [-0.3, -0.25) is 14.3 Å². The van der Waals surface area contributed by atoms with Crippen LogP contribution in [-0.2, 0) is 29.1 Å². The number of anilines is 2. The predicted octanol–water partition coefficient (Wildman–Crippen LogP) is 2.18. The van der Waals surface area contributed by atoms with E-state index in [1.807, 2.05) is 31.3 Å². The van der Waals surface area contributed by atoms with Gasteiger partial charge in [-0.2, -0.15) is 5.10 Å². The van der Waals surface area contributed by atoms with Crippen molar-refractivity contribution in [1.82, 2.24) is 9.78 Å². The number of hydrogen-bond acceptors (Lipinski definition) is 4. The van der Waals surface area contributed by atoms with Crippen LogP contribution in [-0.4, -0.2) is 33.3 Å². The van der Waals surface area contributed by atoms with Crippen LogP contribution in [0.4, 0.5) is 11.4 Å². The zero-order valence-corrected chi connectivity index (χ0v) is 15.4. The van der Waals surface area contributed by atoms with Crippen molar-refractivity contribution in [3.05, 3.63) is 53.9 Å². The zero-order chi connectivity index (χ0) is 19.4. The summed E-state index contributed by atoms with van der Waals surface area (Å²) in [7, 11) is 0. The Hall–Kier alpha value is -2.93. The van der Waals surface area contributed by atoms with Crippen LogP contribution in [0.2, 0.25) is 0 Å². The highest BCUT2D eigenvalue weighted by Gasteiger charge is 2.19. The number of aromatic nitrogens is 2. The quantitative estimate of drug-likeness (QED) is 0.765. The van der Waals surface area contributed by atoms with Gasteiger partial charge in [0, 0.05) is 29.6 Å². The molecule has 2 amide bonds. The zero-order valence-electron chi connectivity index (χ0n) is 15.4. The van der Waals surface area contributed by atoms with Gasteiger partial charge >= 0.3 is 0 Å².